The van der Waals surface area contributed by atoms with Gasteiger partial charge in [-0.15, -0.1) is 0 Å². The van der Waals surface area contributed by atoms with E-state index in [-0.39, 0.29) is 37.3 Å². The fourth-order valence-electron chi connectivity index (χ4n) is 4.18. The van der Waals surface area contributed by atoms with Crippen LogP contribution in [0.25, 0.3) is 0 Å². The molecule has 2 atom stereocenters. The third-order valence-electron chi connectivity index (χ3n) is 5.77. The van der Waals surface area contributed by atoms with Crippen LogP contribution in [0.15, 0.2) is 0 Å². The van der Waals surface area contributed by atoms with Crippen molar-refractivity contribution in [3.05, 3.63) is 22.5 Å². The lowest BCUT2D eigenvalue weighted by atomic mass is 9.76. The molecule has 1 saturated heterocycles. The van der Waals surface area contributed by atoms with Gasteiger partial charge < -0.3 is 24.5 Å². The summed E-state index contributed by atoms with van der Waals surface area (Å²) in [4.78, 5) is 52.4. The lowest BCUT2D eigenvalue weighted by Gasteiger charge is -2.29. The summed E-state index contributed by atoms with van der Waals surface area (Å²) in [6, 6.07) is 1.66. The smallest absolute Gasteiger partial charge is 0.355 e. The number of hydrogen-bond acceptors (Lipinski definition) is 8. The third kappa shape index (κ3) is 6.16. The van der Waals surface area contributed by atoms with E-state index in [1.165, 1.54) is 14.2 Å². The summed E-state index contributed by atoms with van der Waals surface area (Å²) in [6.07, 6.45) is 0.0151. The van der Waals surface area contributed by atoms with Crippen LogP contribution in [-0.4, -0.2) is 54.7 Å². The topological polar surface area (TPSA) is 148 Å². The molecule has 0 aliphatic carbocycles. The number of aromatic amines is 1. The fraction of sp³-hybridized carbons (Fsp3) is 0.625. The second kappa shape index (κ2) is 10.3. The summed E-state index contributed by atoms with van der Waals surface area (Å²) >= 11 is 0. The normalized spacial score (nSPS) is 17.9. The third-order valence-corrected chi connectivity index (χ3v) is 5.77. The molecule has 1 aromatic heterocycles. The number of nitriles is 1. The van der Waals surface area contributed by atoms with Gasteiger partial charge in [0.1, 0.15) is 17.2 Å². The minimum atomic E-state index is -0.894. The molecule has 2 heterocycles. The van der Waals surface area contributed by atoms with Gasteiger partial charge in [0.15, 0.2) is 0 Å². The van der Waals surface area contributed by atoms with Gasteiger partial charge in [0, 0.05) is 18.5 Å². The molecule has 1 aromatic rings. The van der Waals surface area contributed by atoms with Crippen molar-refractivity contribution in [1.82, 2.24) is 10.3 Å². The van der Waals surface area contributed by atoms with Gasteiger partial charge >= 0.3 is 17.9 Å². The molecular formula is C24H33N3O7. The highest BCUT2D eigenvalue weighted by Crippen LogP contribution is 2.40. The number of ether oxygens (including phenoxy) is 3. The summed E-state index contributed by atoms with van der Waals surface area (Å²) in [5.41, 5.74) is -0.240. The number of nitrogens with zero attached hydrogens (tertiary/aromatic N) is 1. The Kier molecular flexibility index (Phi) is 8.14. The molecule has 0 aromatic carbocycles. The Labute approximate surface area is 199 Å². The summed E-state index contributed by atoms with van der Waals surface area (Å²) < 4.78 is 15.1. The molecule has 10 heteroatoms. The SMILES string of the molecule is COC(=O)CCc1c(C(=O)OC(C)(C)C)[nH]c([C@@H](C#N)[C@@H]2NC(=O)CC2(C)C)c1CC(=O)OC. The van der Waals surface area contributed by atoms with Gasteiger partial charge in [-0.1, -0.05) is 13.8 Å². The molecule has 1 amide bonds. The number of aromatic nitrogens is 1. The Morgan fingerprint density at radius 1 is 1.15 bits per heavy atom. The van der Waals surface area contributed by atoms with Gasteiger partial charge in [-0.3, -0.25) is 14.4 Å². The number of rotatable bonds is 8. The highest BCUT2D eigenvalue weighted by molar-refractivity contribution is 5.91. The minimum absolute atomic E-state index is 0.0510. The van der Waals surface area contributed by atoms with Gasteiger partial charge in [-0.05, 0) is 43.7 Å². The zero-order valence-electron chi connectivity index (χ0n) is 20.8. The Balaban J connectivity index is 2.70. The summed E-state index contributed by atoms with van der Waals surface area (Å²) in [6.45, 7) is 8.89. The summed E-state index contributed by atoms with van der Waals surface area (Å²) in [7, 11) is 2.49. The first-order valence-electron chi connectivity index (χ1n) is 11.0. The van der Waals surface area contributed by atoms with Crippen molar-refractivity contribution >= 4 is 23.8 Å². The average molecular weight is 476 g/mol. The van der Waals surface area contributed by atoms with Gasteiger partial charge in [0.2, 0.25) is 5.91 Å². The van der Waals surface area contributed by atoms with Crippen molar-refractivity contribution in [2.45, 2.75) is 77.9 Å². The standard InChI is InChI=1S/C24H33N3O7/c1-23(2,3)34-22(31)20-13(8-9-17(29)32-6)14(10-18(30)33-7)19(27-20)15(12-25)21-24(4,5)11-16(28)26-21/h15,21,27H,8-11H2,1-7H3,(H,26,28)/t15-,21+/m1/s1. The second-order valence-corrected chi connectivity index (χ2v) is 10.0. The maximum absolute atomic E-state index is 13.1. The van der Waals surface area contributed by atoms with E-state index < -0.39 is 40.9 Å². The maximum atomic E-state index is 13.1. The van der Waals surface area contributed by atoms with Crippen molar-refractivity contribution in [1.29, 1.82) is 5.26 Å². The number of carbonyl (C=O) groups is 4. The van der Waals surface area contributed by atoms with Crippen molar-refractivity contribution in [3.63, 3.8) is 0 Å². The van der Waals surface area contributed by atoms with Crippen LogP contribution < -0.4 is 5.32 Å². The molecule has 0 spiro atoms. The first-order chi connectivity index (χ1) is 15.7. The molecule has 1 fully saturated rings. The monoisotopic (exact) mass is 475 g/mol. The Hall–Kier alpha value is -3.35. The van der Waals surface area contributed by atoms with Crippen LogP contribution in [0.4, 0.5) is 0 Å². The van der Waals surface area contributed by atoms with E-state index in [4.69, 9.17) is 14.2 Å². The van der Waals surface area contributed by atoms with Gasteiger partial charge in [0.05, 0.1) is 32.8 Å². The molecule has 0 radical (unpaired) electrons. The fourth-order valence-corrected chi connectivity index (χ4v) is 4.18. The predicted molar refractivity (Wildman–Crippen MR) is 121 cm³/mol. The first kappa shape index (κ1) is 26.9. The zero-order valence-corrected chi connectivity index (χ0v) is 20.8. The Bertz CT molecular complexity index is 1010. The second-order valence-electron chi connectivity index (χ2n) is 10.0. The quantitative estimate of drug-likeness (QED) is 0.430. The molecular weight excluding hydrogens is 442 g/mol. The molecule has 2 N–H and O–H groups in total. The van der Waals surface area contributed by atoms with Crippen LogP contribution in [0.1, 0.15) is 80.7 Å². The number of esters is 3. The molecule has 0 bridgehead atoms. The van der Waals surface area contributed by atoms with Gasteiger partial charge in [-0.25, -0.2) is 4.79 Å². The molecule has 186 valence electrons. The number of nitrogens with one attached hydrogen (secondary N) is 2. The maximum Gasteiger partial charge on any atom is 0.355 e. The predicted octanol–water partition coefficient (Wildman–Crippen LogP) is 2.31. The van der Waals surface area contributed by atoms with E-state index in [0.29, 0.717) is 16.8 Å². The number of methoxy groups -OCH3 is 2. The van der Waals surface area contributed by atoms with E-state index in [0.717, 1.165) is 0 Å². The minimum Gasteiger partial charge on any atom is -0.469 e. The first-order valence-corrected chi connectivity index (χ1v) is 11.0. The van der Waals surface area contributed by atoms with Crippen molar-refractivity contribution in [3.8, 4) is 6.07 Å². The van der Waals surface area contributed by atoms with Crippen molar-refractivity contribution in [2.75, 3.05) is 14.2 Å². The van der Waals surface area contributed by atoms with Crippen molar-refractivity contribution < 1.29 is 33.4 Å². The van der Waals surface area contributed by atoms with Gasteiger partial charge in [-0.2, -0.15) is 5.26 Å². The molecule has 10 nitrogen and oxygen atoms in total. The van der Waals surface area contributed by atoms with E-state index in [2.05, 4.69) is 16.4 Å². The number of amides is 1. The highest BCUT2D eigenvalue weighted by atomic mass is 16.6. The lowest BCUT2D eigenvalue weighted by Crippen LogP contribution is -2.39. The Morgan fingerprint density at radius 3 is 2.24 bits per heavy atom. The van der Waals surface area contributed by atoms with Crippen LogP contribution in [0.2, 0.25) is 0 Å². The highest BCUT2D eigenvalue weighted by Gasteiger charge is 2.46. The number of hydrogen-bond donors (Lipinski definition) is 2. The van der Waals surface area contributed by atoms with E-state index in [1.54, 1.807) is 20.8 Å². The lowest BCUT2D eigenvalue weighted by molar-refractivity contribution is -0.141. The Morgan fingerprint density at radius 2 is 1.76 bits per heavy atom. The van der Waals surface area contributed by atoms with Crippen LogP contribution >= 0.6 is 0 Å². The van der Waals surface area contributed by atoms with Crippen LogP contribution in [0.3, 0.4) is 0 Å². The van der Waals surface area contributed by atoms with E-state index in [9.17, 15) is 24.4 Å². The molecule has 1 aliphatic heterocycles. The van der Waals surface area contributed by atoms with E-state index in [1.807, 2.05) is 13.8 Å². The van der Waals surface area contributed by atoms with E-state index >= 15 is 0 Å². The summed E-state index contributed by atoms with van der Waals surface area (Å²) in [5, 5.41) is 13.0. The summed E-state index contributed by atoms with van der Waals surface area (Å²) in [5.74, 6) is -2.84. The number of H-pyrrole nitrogens is 1. The largest absolute Gasteiger partial charge is 0.469 e. The molecule has 2 rings (SSSR count). The van der Waals surface area contributed by atoms with Crippen LogP contribution in [0, 0.1) is 16.7 Å². The van der Waals surface area contributed by atoms with Gasteiger partial charge in [0.25, 0.3) is 0 Å². The molecule has 0 saturated carbocycles. The number of carbonyl (C=O) groups excluding carboxylic acids is 4. The molecule has 0 unspecified atom stereocenters. The van der Waals surface area contributed by atoms with Crippen LogP contribution in [0.5, 0.6) is 0 Å². The van der Waals surface area contributed by atoms with Crippen molar-refractivity contribution in [2.24, 2.45) is 5.41 Å². The molecule has 1 aliphatic rings. The molecule has 34 heavy (non-hydrogen) atoms. The average Bonchev–Trinajstić information content (AvgIpc) is 3.21. The van der Waals surface area contributed by atoms with Crippen LogP contribution in [-0.2, 0) is 41.4 Å². The zero-order chi connectivity index (χ0) is 25.8.